The van der Waals surface area contributed by atoms with Gasteiger partial charge in [-0.15, -0.1) is 10.2 Å². The van der Waals surface area contributed by atoms with Crippen LogP contribution < -0.4 is 4.90 Å². The molecule has 0 spiro atoms. The van der Waals surface area contributed by atoms with E-state index in [2.05, 4.69) is 15.2 Å². The van der Waals surface area contributed by atoms with Crippen molar-refractivity contribution < 1.29 is 13.9 Å². The molecule has 0 radical (unpaired) electrons. The summed E-state index contributed by atoms with van der Waals surface area (Å²) in [6.07, 6.45) is 3.33. The standard InChI is InChI=1S/C17H15FN4O2S/c1-24-10-9-22(16(23)13-3-2-4-14(18)11-13)17-21-20-15(25-17)12-5-7-19-8-6-12/h2-8,11H,9-10H2,1H3. The van der Waals surface area contributed by atoms with Gasteiger partial charge in [0.25, 0.3) is 5.91 Å². The van der Waals surface area contributed by atoms with Gasteiger partial charge in [-0.2, -0.15) is 0 Å². The number of amides is 1. The molecule has 25 heavy (non-hydrogen) atoms. The number of aromatic nitrogens is 3. The molecule has 0 saturated carbocycles. The fourth-order valence-corrected chi connectivity index (χ4v) is 3.05. The maximum Gasteiger partial charge on any atom is 0.260 e. The van der Waals surface area contributed by atoms with E-state index >= 15 is 0 Å². The molecule has 8 heteroatoms. The molecule has 0 aliphatic heterocycles. The van der Waals surface area contributed by atoms with Crippen LogP contribution in [0.5, 0.6) is 0 Å². The van der Waals surface area contributed by atoms with Gasteiger partial charge in [-0.1, -0.05) is 17.4 Å². The Hall–Kier alpha value is -2.71. The van der Waals surface area contributed by atoms with Crippen LogP contribution in [0.4, 0.5) is 9.52 Å². The van der Waals surface area contributed by atoms with Gasteiger partial charge in [0.1, 0.15) is 10.8 Å². The number of hydrogen-bond donors (Lipinski definition) is 0. The summed E-state index contributed by atoms with van der Waals surface area (Å²) in [4.78, 5) is 18.2. The van der Waals surface area contributed by atoms with Crippen molar-refractivity contribution >= 4 is 22.4 Å². The molecule has 2 heterocycles. The lowest BCUT2D eigenvalue weighted by Gasteiger charge is -2.18. The zero-order chi connectivity index (χ0) is 17.6. The Morgan fingerprint density at radius 1 is 1.24 bits per heavy atom. The highest BCUT2D eigenvalue weighted by Gasteiger charge is 2.22. The Bertz CT molecular complexity index is 857. The topological polar surface area (TPSA) is 68.2 Å². The van der Waals surface area contributed by atoms with Gasteiger partial charge in [-0.25, -0.2) is 4.39 Å². The van der Waals surface area contributed by atoms with E-state index in [0.717, 1.165) is 5.56 Å². The molecule has 0 N–H and O–H groups in total. The number of anilines is 1. The minimum atomic E-state index is -0.465. The van der Waals surface area contributed by atoms with Gasteiger partial charge in [0.2, 0.25) is 5.13 Å². The van der Waals surface area contributed by atoms with E-state index in [-0.39, 0.29) is 18.0 Å². The monoisotopic (exact) mass is 358 g/mol. The molecule has 128 valence electrons. The van der Waals surface area contributed by atoms with Crippen molar-refractivity contribution in [1.29, 1.82) is 0 Å². The molecule has 0 bridgehead atoms. The van der Waals surface area contributed by atoms with E-state index in [0.29, 0.717) is 16.7 Å². The van der Waals surface area contributed by atoms with Gasteiger partial charge in [0.05, 0.1) is 13.2 Å². The highest BCUT2D eigenvalue weighted by molar-refractivity contribution is 7.18. The number of rotatable bonds is 6. The van der Waals surface area contributed by atoms with Gasteiger partial charge in [0, 0.05) is 30.6 Å². The molecule has 3 rings (SSSR count). The first-order valence-electron chi connectivity index (χ1n) is 7.49. The zero-order valence-corrected chi connectivity index (χ0v) is 14.2. The lowest BCUT2D eigenvalue weighted by atomic mass is 10.2. The number of hydrogen-bond acceptors (Lipinski definition) is 6. The smallest absolute Gasteiger partial charge is 0.260 e. The van der Waals surface area contributed by atoms with Crippen LogP contribution in [0.25, 0.3) is 10.6 Å². The second kappa shape index (κ2) is 7.91. The number of halogens is 1. The first kappa shape index (κ1) is 17.1. The number of methoxy groups -OCH3 is 1. The summed E-state index contributed by atoms with van der Waals surface area (Å²) in [5.41, 5.74) is 1.11. The molecule has 0 aliphatic rings. The van der Waals surface area contributed by atoms with Gasteiger partial charge in [-0.05, 0) is 30.3 Å². The highest BCUT2D eigenvalue weighted by atomic mass is 32.1. The van der Waals surface area contributed by atoms with Crippen molar-refractivity contribution in [2.75, 3.05) is 25.2 Å². The fourth-order valence-electron chi connectivity index (χ4n) is 2.18. The second-order valence-electron chi connectivity index (χ2n) is 5.09. The lowest BCUT2D eigenvalue weighted by molar-refractivity contribution is 0.0975. The number of pyridine rings is 1. The Balaban J connectivity index is 1.91. The van der Waals surface area contributed by atoms with Crippen LogP contribution >= 0.6 is 11.3 Å². The molecule has 2 aromatic heterocycles. The molecular weight excluding hydrogens is 343 g/mol. The van der Waals surface area contributed by atoms with Crippen LogP contribution in [0.2, 0.25) is 0 Å². The third kappa shape index (κ3) is 4.04. The largest absolute Gasteiger partial charge is 0.383 e. The van der Waals surface area contributed by atoms with Gasteiger partial charge in [-0.3, -0.25) is 14.7 Å². The molecule has 0 unspecified atom stereocenters. The summed E-state index contributed by atoms with van der Waals surface area (Å²) < 4.78 is 18.5. The van der Waals surface area contributed by atoms with E-state index in [1.54, 1.807) is 25.6 Å². The third-order valence-corrected chi connectivity index (χ3v) is 4.40. The van der Waals surface area contributed by atoms with E-state index < -0.39 is 5.82 Å². The highest BCUT2D eigenvalue weighted by Crippen LogP contribution is 2.29. The number of nitrogens with zero attached hydrogens (tertiary/aromatic N) is 4. The summed E-state index contributed by atoms with van der Waals surface area (Å²) in [6.45, 7) is 0.613. The summed E-state index contributed by atoms with van der Waals surface area (Å²) in [7, 11) is 1.55. The summed E-state index contributed by atoms with van der Waals surface area (Å²) >= 11 is 1.28. The van der Waals surface area contributed by atoms with Crippen LogP contribution in [-0.2, 0) is 4.74 Å². The molecule has 0 atom stereocenters. The first-order chi connectivity index (χ1) is 12.2. The quantitative estimate of drug-likeness (QED) is 0.677. The van der Waals surface area contributed by atoms with Crippen LogP contribution in [0.1, 0.15) is 10.4 Å². The number of ether oxygens (including phenoxy) is 1. The number of benzene rings is 1. The SMILES string of the molecule is COCCN(C(=O)c1cccc(F)c1)c1nnc(-c2ccncc2)s1. The summed E-state index contributed by atoms with van der Waals surface area (Å²) in [5, 5.41) is 9.36. The van der Waals surface area contributed by atoms with E-state index in [1.165, 1.54) is 34.4 Å². The molecular formula is C17H15FN4O2S. The third-order valence-electron chi connectivity index (χ3n) is 3.41. The van der Waals surface area contributed by atoms with Crippen molar-refractivity contribution in [1.82, 2.24) is 15.2 Å². The van der Waals surface area contributed by atoms with Crippen molar-refractivity contribution in [3.05, 3.63) is 60.2 Å². The minimum absolute atomic E-state index is 0.247. The van der Waals surface area contributed by atoms with Crippen molar-refractivity contribution in [2.24, 2.45) is 0 Å². The molecule has 1 amide bonds. The zero-order valence-electron chi connectivity index (χ0n) is 13.4. The van der Waals surface area contributed by atoms with E-state index in [9.17, 15) is 9.18 Å². The fraction of sp³-hybridized carbons (Fsp3) is 0.176. The van der Waals surface area contributed by atoms with E-state index in [4.69, 9.17) is 4.74 Å². The summed E-state index contributed by atoms with van der Waals surface area (Å²) in [6, 6.07) is 9.20. The van der Waals surface area contributed by atoms with Gasteiger partial charge < -0.3 is 4.74 Å². The predicted molar refractivity (Wildman–Crippen MR) is 93.1 cm³/mol. The molecule has 3 aromatic rings. The second-order valence-corrected chi connectivity index (χ2v) is 6.04. The molecule has 6 nitrogen and oxygen atoms in total. The molecule has 0 aliphatic carbocycles. The lowest BCUT2D eigenvalue weighted by Crippen LogP contribution is -2.34. The Kier molecular flexibility index (Phi) is 5.42. The van der Waals surface area contributed by atoms with Crippen molar-refractivity contribution in [3.63, 3.8) is 0 Å². The Labute approximate surface area is 147 Å². The molecule has 1 aromatic carbocycles. The Morgan fingerprint density at radius 3 is 2.76 bits per heavy atom. The molecule has 0 saturated heterocycles. The maximum absolute atomic E-state index is 13.4. The predicted octanol–water partition coefficient (Wildman–Crippen LogP) is 3.03. The van der Waals surface area contributed by atoms with Crippen molar-refractivity contribution in [2.45, 2.75) is 0 Å². The summed E-state index contributed by atoms with van der Waals surface area (Å²) in [5.74, 6) is -0.818. The normalized spacial score (nSPS) is 10.6. The van der Waals surface area contributed by atoms with Gasteiger partial charge in [0.15, 0.2) is 0 Å². The van der Waals surface area contributed by atoms with Crippen LogP contribution in [0, 0.1) is 5.82 Å². The first-order valence-corrected chi connectivity index (χ1v) is 8.31. The average molecular weight is 358 g/mol. The van der Waals surface area contributed by atoms with Crippen LogP contribution in [0.15, 0.2) is 48.8 Å². The van der Waals surface area contributed by atoms with E-state index in [1.807, 2.05) is 12.1 Å². The maximum atomic E-state index is 13.4. The Morgan fingerprint density at radius 2 is 2.04 bits per heavy atom. The van der Waals surface area contributed by atoms with Crippen LogP contribution in [0.3, 0.4) is 0 Å². The number of carbonyl (C=O) groups excluding carboxylic acids is 1. The number of carbonyl (C=O) groups is 1. The van der Waals surface area contributed by atoms with Gasteiger partial charge >= 0.3 is 0 Å². The minimum Gasteiger partial charge on any atom is -0.383 e. The molecule has 0 fully saturated rings. The van der Waals surface area contributed by atoms with Crippen LogP contribution in [-0.4, -0.2) is 41.3 Å². The van der Waals surface area contributed by atoms with Crippen molar-refractivity contribution in [3.8, 4) is 10.6 Å². The average Bonchev–Trinajstić information content (AvgIpc) is 3.12.